The summed E-state index contributed by atoms with van der Waals surface area (Å²) in [4.78, 5) is 41.1. The fourth-order valence-corrected chi connectivity index (χ4v) is 3.79. The van der Waals surface area contributed by atoms with Gasteiger partial charge in [0, 0.05) is 11.2 Å². The van der Waals surface area contributed by atoms with Gasteiger partial charge in [0.05, 0.1) is 7.11 Å². The van der Waals surface area contributed by atoms with Crippen molar-refractivity contribution >= 4 is 23.6 Å². The van der Waals surface area contributed by atoms with Crippen LogP contribution in [0, 0.1) is 13.8 Å². The quantitative estimate of drug-likeness (QED) is 0.552. The van der Waals surface area contributed by atoms with Crippen molar-refractivity contribution in [3.05, 3.63) is 59.2 Å². The maximum atomic E-state index is 13.8. The van der Waals surface area contributed by atoms with E-state index in [2.05, 4.69) is 10.6 Å². The lowest BCUT2D eigenvalue weighted by atomic mass is 9.92. The number of hydrogen-bond donors (Lipinski definition) is 2. The largest absolute Gasteiger partial charge is 0.497 e. The van der Waals surface area contributed by atoms with Crippen molar-refractivity contribution in [2.75, 3.05) is 19.0 Å². The van der Waals surface area contributed by atoms with Crippen LogP contribution in [0.15, 0.2) is 42.5 Å². The van der Waals surface area contributed by atoms with Crippen LogP contribution in [0.4, 0.5) is 10.5 Å². The number of carbonyl (C=O) groups excluding carboxylic acids is 3. The molecular weight excluding hydrogens is 458 g/mol. The summed E-state index contributed by atoms with van der Waals surface area (Å²) < 4.78 is 10.5. The van der Waals surface area contributed by atoms with Crippen LogP contribution >= 0.6 is 0 Å². The molecule has 0 radical (unpaired) electrons. The van der Waals surface area contributed by atoms with Crippen molar-refractivity contribution in [2.45, 2.75) is 72.6 Å². The number of nitrogens with one attached hydrogen (secondary N) is 2. The molecule has 1 atom stereocenters. The molecule has 0 aliphatic heterocycles. The number of benzene rings is 2. The molecule has 1 unspecified atom stereocenters. The molecule has 2 aromatic rings. The Morgan fingerprint density at radius 2 is 1.56 bits per heavy atom. The molecule has 2 rings (SSSR count). The van der Waals surface area contributed by atoms with Gasteiger partial charge in [0.15, 0.2) is 0 Å². The van der Waals surface area contributed by atoms with Crippen LogP contribution in [-0.4, -0.2) is 47.6 Å². The molecular formula is C28H39N3O5. The van der Waals surface area contributed by atoms with E-state index >= 15 is 0 Å². The van der Waals surface area contributed by atoms with Crippen LogP contribution in [0.1, 0.15) is 64.3 Å². The summed E-state index contributed by atoms with van der Waals surface area (Å²) in [5.41, 5.74) is 1.68. The molecule has 2 N–H and O–H groups in total. The lowest BCUT2D eigenvalue weighted by Crippen LogP contribution is -2.54. The highest BCUT2D eigenvalue weighted by molar-refractivity contribution is 5.99. The maximum absolute atomic E-state index is 13.8. The molecule has 2 aromatic carbocycles. The third-order valence-electron chi connectivity index (χ3n) is 5.37. The molecule has 0 fully saturated rings. The number of rotatable bonds is 7. The second-order valence-corrected chi connectivity index (χ2v) is 10.8. The topological polar surface area (TPSA) is 97.0 Å². The molecule has 0 saturated carbocycles. The summed E-state index contributed by atoms with van der Waals surface area (Å²) >= 11 is 0. The minimum atomic E-state index is -0.945. The minimum absolute atomic E-state index is 0.316. The van der Waals surface area contributed by atoms with Crippen LogP contribution in [0.5, 0.6) is 5.75 Å². The first-order chi connectivity index (χ1) is 16.6. The van der Waals surface area contributed by atoms with Gasteiger partial charge in [0.1, 0.15) is 23.9 Å². The molecule has 0 aromatic heterocycles. The van der Waals surface area contributed by atoms with Crippen LogP contribution in [-0.2, 0) is 14.3 Å². The second-order valence-electron chi connectivity index (χ2n) is 10.8. The van der Waals surface area contributed by atoms with Crippen LogP contribution in [0.3, 0.4) is 0 Å². The van der Waals surface area contributed by atoms with Gasteiger partial charge < -0.3 is 25.0 Å². The highest BCUT2D eigenvalue weighted by atomic mass is 16.6. The molecule has 0 heterocycles. The predicted molar refractivity (Wildman–Crippen MR) is 141 cm³/mol. The summed E-state index contributed by atoms with van der Waals surface area (Å²) in [5.74, 6) is -0.114. The van der Waals surface area contributed by atoms with E-state index in [0.717, 1.165) is 11.1 Å². The van der Waals surface area contributed by atoms with Crippen LogP contribution < -0.4 is 15.4 Å². The van der Waals surface area contributed by atoms with E-state index in [4.69, 9.17) is 9.47 Å². The Morgan fingerprint density at radius 1 is 0.944 bits per heavy atom. The Bertz CT molecular complexity index is 1080. The third-order valence-corrected chi connectivity index (χ3v) is 5.37. The number of anilines is 1. The number of aryl methyl sites for hydroxylation is 2. The van der Waals surface area contributed by atoms with E-state index in [1.54, 1.807) is 52.1 Å². The van der Waals surface area contributed by atoms with Gasteiger partial charge in [-0.2, -0.15) is 0 Å². The molecule has 196 valence electrons. The zero-order valence-electron chi connectivity index (χ0n) is 22.8. The summed E-state index contributed by atoms with van der Waals surface area (Å²) in [6.07, 6.45) is -0.698. The van der Waals surface area contributed by atoms with E-state index in [9.17, 15) is 14.4 Å². The first kappa shape index (κ1) is 28.7. The SMILES string of the molecule is COc1ccc(NC(=O)C(c2cc(C)ccc2C)N(C(=O)CNC(=O)OC(C)(C)C)C(C)(C)C)cc1. The molecule has 0 bridgehead atoms. The lowest BCUT2D eigenvalue weighted by molar-refractivity contribution is -0.144. The Balaban J connectivity index is 2.46. The molecule has 0 spiro atoms. The van der Waals surface area contributed by atoms with E-state index in [-0.39, 0.29) is 12.5 Å². The van der Waals surface area contributed by atoms with Gasteiger partial charge in [-0.1, -0.05) is 23.8 Å². The van der Waals surface area contributed by atoms with E-state index in [1.807, 2.05) is 52.8 Å². The van der Waals surface area contributed by atoms with Gasteiger partial charge in [-0.15, -0.1) is 0 Å². The highest BCUT2D eigenvalue weighted by Crippen LogP contribution is 2.32. The first-order valence-corrected chi connectivity index (χ1v) is 11.9. The minimum Gasteiger partial charge on any atom is -0.497 e. The van der Waals surface area contributed by atoms with Crippen molar-refractivity contribution in [3.63, 3.8) is 0 Å². The molecule has 36 heavy (non-hydrogen) atoms. The van der Waals surface area contributed by atoms with Gasteiger partial charge in [-0.25, -0.2) is 4.79 Å². The average molecular weight is 498 g/mol. The zero-order chi connectivity index (χ0) is 27.3. The summed E-state index contributed by atoms with van der Waals surface area (Å²) in [6.45, 7) is 14.3. The fraction of sp³-hybridized carbons (Fsp3) is 0.464. The molecule has 3 amide bonds. The van der Waals surface area contributed by atoms with E-state index in [0.29, 0.717) is 17.0 Å². The number of alkyl carbamates (subject to hydrolysis) is 1. The number of methoxy groups -OCH3 is 1. The van der Waals surface area contributed by atoms with Gasteiger partial charge in [-0.05, 0) is 90.8 Å². The Morgan fingerprint density at radius 3 is 2.08 bits per heavy atom. The summed E-state index contributed by atoms with van der Waals surface area (Å²) in [6, 6.07) is 11.8. The molecule has 0 saturated heterocycles. The van der Waals surface area contributed by atoms with E-state index < -0.39 is 29.2 Å². The molecule has 0 aliphatic carbocycles. The second kappa shape index (κ2) is 11.5. The first-order valence-electron chi connectivity index (χ1n) is 11.9. The lowest BCUT2D eigenvalue weighted by Gasteiger charge is -2.41. The number of nitrogens with zero attached hydrogens (tertiary/aromatic N) is 1. The standard InChI is InChI=1S/C28H39N3O5/c1-18-10-11-19(2)22(16-18)24(25(33)30-20-12-14-21(35-9)15-13-20)31(27(3,4)5)23(32)17-29-26(34)36-28(6,7)8/h10-16,24H,17H2,1-9H3,(H,29,34)(H,30,33). The highest BCUT2D eigenvalue weighted by Gasteiger charge is 2.39. The van der Waals surface area contributed by atoms with Gasteiger partial charge in [0.2, 0.25) is 5.91 Å². The molecule has 8 nitrogen and oxygen atoms in total. The maximum Gasteiger partial charge on any atom is 0.408 e. The van der Waals surface area contributed by atoms with Gasteiger partial charge in [-0.3, -0.25) is 9.59 Å². The van der Waals surface area contributed by atoms with Crippen molar-refractivity contribution < 1.29 is 23.9 Å². The van der Waals surface area contributed by atoms with E-state index in [1.165, 1.54) is 4.90 Å². The van der Waals surface area contributed by atoms with Crippen LogP contribution in [0.2, 0.25) is 0 Å². The Hall–Kier alpha value is -3.55. The number of ether oxygens (including phenoxy) is 2. The van der Waals surface area contributed by atoms with Crippen molar-refractivity contribution in [1.82, 2.24) is 10.2 Å². The number of amides is 3. The fourth-order valence-electron chi connectivity index (χ4n) is 3.79. The van der Waals surface area contributed by atoms with Crippen molar-refractivity contribution in [2.24, 2.45) is 0 Å². The number of hydrogen-bond acceptors (Lipinski definition) is 5. The zero-order valence-corrected chi connectivity index (χ0v) is 22.8. The van der Waals surface area contributed by atoms with Crippen LogP contribution in [0.25, 0.3) is 0 Å². The monoisotopic (exact) mass is 497 g/mol. The Labute approximate surface area is 214 Å². The number of carbonyl (C=O) groups is 3. The average Bonchev–Trinajstić information content (AvgIpc) is 2.76. The van der Waals surface area contributed by atoms with Gasteiger partial charge >= 0.3 is 6.09 Å². The van der Waals surface area contributed by atoms with Crippen molar-refractivity contribution in [1.29, 1.82) is 0 Å². The smallest absolute Gasteiger partial charge is 0.408 e. The van der Waals surface area contributed by atoms with Crippen molar-refractivity contribution in [3.8, 4) is 5.75 Å². The normalized spacial score (nSPS) is 12.4. The molecule has 0 aliphatic rings. The Kier molecular flexibility index (Phi) is 9.13. The summed E-state index contributed by atoms with van der Waals surface area (Å²) in [7, 11) is 1.57. The predicted octanol–water partition coefficient (Wildman–Crippen LogP) is 5.14. The molecule has 8 heteroatoms. The van der Waals surface area contributed by atoms with Gasteiger partial charge in [0.25, 0.3) is 5.91 Å². The third kappa shape index (κ3) is 8.00. The summed E-state index contributed by atoms with van der Waals surface area (Å²) in [5, 5.41) is 5.47.